The van der Waals surface area contributed by atoms with Crippen LogP contribution < -0.4 is 10.3 Å². The molecular formula is C30H20ClN3O3. The Morgan fingerprint density at radius 2 is 1.68 bits per heavy atom. The number of aromatic nitrogens is 2. The van der Waals surface area contributed by atoms with Crippen molar-refractivity contribution in [3.63, 3.8) is 0 Å². The van der Waals surface area contributed by atoms with Crippen LogP contribution in [0.3, 0.4) is 0 Å². The molecule has 37 heavy (non-hydrogen) atoms. The third-order valence-corrected chi connectivity index (χ3v) is 6.19. The first-order chi connectivity index (χ1) is 18.2. The number of benzene rings is 4. The molecule has 7 heteroatoms. The number of halogens is 1. The predicted molar refractivity (Wildman–Crippen MR) is 146 cm³/mol. The van der Waals surface area contributed by atoms with Gasteiger partial charge in [0, 0.05) is 16.0 Å². The molecule has 6 rings (SSSR count). The number of ether oxygens (including phenoxy) is 1. The summed E-state index contributed by atoms with van der Waals surface area (Å²) in [5, 5.41) is 6.61. The van der Waals surface area contributed by atoms with E-state index in [4.69, 9.17) is 25.7 Å². The minimum atomic E-state index is -0.295. The van der Waals surface area contributed by atoms with Crippen LogP contribution in [0.2, 0.25) is 5.02 Å². The Hall–Kier alpha value is -4.68. The van der Waals surface area contributed by atoms with Gasteiger partial charge in [-0.3, -0.25) is 4.79 Å². The molecule has 0 saturated carbocycles. The molecule has 6 nitrogen and oxygen atoms in total. The number of fused-ring (bicyclic) bond motifs is 2. The van der Waals surface area contributed by atoms with Crippen molar-refractivity contribution in [2.24, 2.45) is 5.10 Å². The number of furan rings is 1. The lowest BCUT2D eigenvalue weighted by Crippen LogP contribution is -2.20. The Bertz CT molecular complexity index is 1790. The van der Waals surface area contributed by atoms with Crippen LogP contribution in [-0.2, 0) is 6.61 Å². The van der Waals surface area contributed by atoms with E-state index in [0.717, 1.165) is 10.9 Å². The summed E-state index contributed by atoms with van der Waals surface area (Å²) in [6, 6.07) is 31.7. The molecule has 0 aliphatic heterocycles. The summed E-state index contributed by atoms with van der Waals surface area (Å²) in [5.41, 5.74) is 2.68. The summed E-state index contributed by atoms with van der Waals surface area (Å²) >= 11 is 5.98. The molecule has 0 N–H and O–H groups in total. The Balaban J connectivity index is 1.41. The zero-order chi connectivity index (χ0) is 25.2. The van der Waals surface area contributed by atoms with E-state index in [9.17, 15) is 4.79 Å². The molecule has 0 fully saturated rings. The van der Waals surface area contributed by atoms with Gasteiger partial charge in [0.15, 0.2) is 5.76 Å². The number of para-hydroxylation sites is 3. The first kappa shape index (κ1) is 22.8. The molecule has 4 aromatic carbocycles. The molecule has 0 aliphatic rings. The van der Waals surface area contributed by atoms with E-state index in [0.29, 0.717) is 51.0 Å². The molecule has 0 unspecified atom stereocenters. The van der Waals surface area contributed by atoms with Crippen LogP contribution in [0.25, 0.3) is 33.5 Å². The second-order valence-electron chi connectivity index (χ2n) is 8.42. The van der Waals surface area contributed by atoms with Gasteiger partial charge >= 0.3 is 0 Å². The standard InChI is InChI=1S/C30H20ClN3O3/c31-23-15-13-20(14-16-23)19-36-26-11-5-2-8-22(26)18-32-34-29(28-17-21-7-1-6-12-27(21)37-28)33-25-10-4-3-9-24(25)30(34)35/h1-18H,19H2. The maximum atomic E-state index is 13.5. The first-order valence-electron chi connectivity index (χ1n) is 11.7. The lowest BCUT2D eigenvalue weighted by Gasteiger charge is -2.10. The Kier molecular flexibility index (Phi) is 6.00. The van der Waals surface area contributed by atoms with Gasteiger partial charge in [0.25, 0.3) is 5.56 Å². The third-order valence-electron chi connectivity index (χ3n) is 5.94. The van der Waals surface area contributed by atoms with E-state index in [2.05, 4.69) is 5.10 Å². The summed E-state index contributed by atoms with van der Waals surface area (Å²) in [5.74, 6) is 1.40. The fraction of sp³-hybridized carbons (Fsp3) is 0.0333. The highest BCUT2D eigenvalue weighted by Gasteiger charge is 2.16. The van der Waals surface area contributed by atoms with Crippen molar-refractivity contribution in [1.82, 2.24) is 9.66 Å². The summed E-state index contributed by atoms with van der Waals surface area (Å²) in [6.45, 7) is 0.365. The third kappa shape index (κ3) is 4.62. The molecule has 6 aromatic rings. The van der Waals surface area contributed by atoms with Gasteiger partial charge < -0.3 is 9.15 Å². The molecule has 0 amide bonds. The lowest BCUT2D eigenvalue weighted by molar-refractivity contribution is 0.306. The minimum absolute atomic E-state index is 0.295. The number of nitrogens with zero attached hydrogens (tertiary/aromatic N) is 3. The van der Waals surface area contributed by atoms with Crippen LogP contribution >= 0.6 is 11.6 Å². The van der Waals surface area contributed by atoms with E-state index in [1.807, 2.05) is 84.9 Å². The van der Waals surface area contributed by atoms with Gasteiger partial charge in [-0.15, -0.1) is 0 Å². The number of rotatable bonds is 6. The van der Waals surface area contributed by atoms with E-state index < -0.39 is 0 Å². The Labute approximate surface area is 217 Å². The average molecular weight is 506 g/mol. The van der Waals surface area contributed by atoms with Crippen molar-refractivity contribution in [3.05, 3.63) is 130 Å². The van der Waals surface area contributed by atoms with Crippen molar-refractivity contribution >= 4 is 39.7 Å². The van der Waals surface area contributed by atoms with Gasteiger partial charge in [-0.2, -0.15) is 9.78 Å². The lowest BCUT2D eigenvalue weighted by atomic mass is 10.2. The topological polar surface area (TPSA) is 69.6 Å². The molecule has 180 valence electrons. The first-order valence-corrected chi connectivity index (χ1v) is 12.0. The predicted octanol–water partition coefficient (Wildman–Crippen LogP) is 6.92. The van der Waals surface area contributed by atoms with Crippen LogP contribution in [0.15, 0.2) is 117 Å². The smallest absolute Gasteiger partial charge is 0.282 e. The SMILES string of the molecule is O=c1c2ccccc2nc(-c2cc3ccccc3o2)n1N=Cc1ccccc1OCc1ccc(Cl)cc1. The van der Waals surface area contributed by atoms with Crippen LogP contribution in [0, 0.1) is 0 Å². The molecular weight excluding hydrogens is 486 g/mol. The van der Waals surface area contributed by atoms with E-state index >= 15 is 0 Å². The Morgan fingerprint density at radius 1 is 0.919 bits per heavy atom. The second kappa shape index (κ2) is 9.76. The molecule has 0 atom stereocenters. The van der Waals surface area contributed by atoms with Crippen molar-refractivity contribution < 1.29 is 9.15 Å². The summed E-state index contributed by atoms with van der Waals surface area (Å²) in [4.78, 5) is 18.2. The average Bonchev–Trinajstić information content (AvgIpc) is 3.37. The zero-order valence-corrected chi connectivity index (χ0v) is 20.3. The highest BCUT2D eigenvalue weighted by molar-refractivity contribution is 6.30. The van der Waals surface area contributed by atoms with Crippen LogP contribution in [-0.4, -0.2) is 15.9 Å². The van der Waals surface area contributed by atoms with E-state index in [-0.39, 0.29) is 5.56 Å². The fourth-order valence-corrected chi connectivity index (χ4v) is 4.19. The molecule has 0 aliphatic carbocycles. The van der Waals surface area contributed by atoms with E-state index in [1.165, 1.54) is 4.68 Å². The molecule has 0 radical (unpaired) electrons. The van der Waals surface area contributed by atoms with Gasteiger partial charge in [-0.1, -0.05) is 66.2 Å². The molecule has 2 aromatic heterocycles. The van der Waals surface area contributed by atoms with Gasteiger partial charge in [0.2, 0.25) is 5.82 Å². The minimum Gasteiger partial charge on any atom is -0.488 e. The molecule has 0 spiro atoms. The second-order valence-corrected chi connectivity index (χ2v) is 8.85. The Morgan fingerprint density at radius 3 is 2.54 bits per heavy atom. The van der Waals surface area contributed by atoms with Gasteiger partial charge in [0.1, 0.15) is 17.9 Å². The highest BCUT2D eigenvalue weighted by atomic mass is 35.5. The van der Waals surface area contributed by atoms with Gasteiger partial charge in [0.05, 0.1) is 17.1 Å². The van der Waals surface area contributed by atoms with Crippen molar-refractivity contribution in [1.29, 1.82) is 0 Å². The van der Waals surface area contributed by atoms with Crippen molar-refractivity contribution in [2.75, 3.05) is 0 Å². The maximum Gasteiger partial charge on any atom is 0.282 e. The zero-order valence-electron chi connectivity index (χ0n) is 19.5. The largest absolute Gasteiger partial charge is 0.488 e. The van der Waals surface area contributed by atoms with E-state index in [1.54, 1.807) is 24.4 Å². The molecule has 0 saturated heterocycles. The maximum absolute atomic E-state index is 13.5. The molecule has 0 bridgehead atoms. The van der Waals surface area contributed by atoms with Crippen LogP contribution in [0.1, 0.15) is 11.1 Å². The van der Waals surface area contributed by atoms with Crippen LogP contribution in [0.5, 0.6) is 5.75 Å². The van der Waals surface area contributed by atoms with Crippen LogP contribution in [0.4, 0.5) is 0 Å². The quantitative estimate of drug-likeness (QED) is 0.230. The van der Waals surface area contributed by atoms with Crippen molar-refractivity contribution in [2.45, 2.75) is 6.61 Å². The summed E-state index contributed by atoms with van der Waals surface area (Å²) in [6.07, 6.45) is 1.60. The number of hydrogen-bond donors (Lipinski definition) is 0. The summed E-state index contributed by atoms with van der Waals surface area (Å²) < 4.78 is 13.4. The van der Waals surface area contributed by atoms with Crippen molar-refractivity contribution in [3.8, 4) is 17.3 Å². The molecule has 2 heterocycles. The highest BCUT2D eigenvalue weighted by Crippen LogP contribution is 2.27. The normalized spacial score (nSPS) is 11.5. The fourth-order valence-electron chi connectivity index (χ4n) is 4.06. The van der Waals surface area contributed by atoms with Gasteiger partial charge in [-0.25, -0.2) is 4.98 Å². The summed E-state index contributed by atoms with van der Waals surface area (Å²) in [7, 11) is 0. The monoisotopic (exact) mass is 505 g/mol. The van der Waals surface area contributed by atoms with Gasteiger partial charge in [-0.05, 0) is 54.1 Å². The number of hydrogen-bond acceptors (Lipinski definition) is 5.